The van der Waals surface area contributed by atoms with Crippen molar-refractivity contribution in [3.05, 3.63) is 83.4 Å². The van der Waals surface area contributed by atoms with Crippen molar-refractivity contribution in [2.75, 3.05) is 0 Å². The molecule has 1 aliphatic rings. The highest BCUT2D eigenvalue weighted by molar-refractivity contribution is 7.89. The minimum atomic E-state index is -4.14. The minimum Gasteiger partial charge on any atom is -0.267 e. The van der Waals surface area contributed by atoms with Gasteiger partial charge in [0.25, 0.3) is 11.8 Å². The summed E-state index contributed by atoms with van der Waals surface area (Å²) in [5.41, 5.74) is 0.967. The number of hydrogen-bond donors (Lipinski definition) is 0. The average Bonchev–Trinajstić information content (AvgIpc) is 2.60. The Balaban J connectivity index is 1.85. The molecule has 0 fully saturated rings. The lowest BCUT2D eigenvalue weighted by molar-refractivity contribution is 0.0726. The van der Waals surface area contributed by atoms with Gasteiger partial charge in [0.05, 0.1) is 5.75 Å². The van der Waals surface area contributed by atoms with Gasteiger partial charge in [-0.05, 0) is 23.1 Å². The number of benzene rings is 3. The molecule has 0 saturated heterocycles. The molecule has 0 aliphatic carbocycles. The summed E-state index contributed by atoms with van der Waals surface area (Å²) in [5, 5.41) is 1.24. The first-order valence-electron chi connectivity index (χ1n) is 7.66. The lowest BCUT2D eigenvalue weighted by Crippen LogP contribution is -2.44. The van der Waals surface area contributed by atoms with E-state index in [1.807, 2.05) is 0 Å². The summed E-state index contributed by atoms with van der Waals surface area (Å²) in [6.07, 6.45) is 0. The molecule has 0 aromatic heterocycles. The highest BCUT2D eigenvalue weighted by Gasteiger charge is 2.40. The Morgan fingerprint density at radius 2 is 1.28 bits per heavy atom. The van der Waals surface area contributed by atoms with Gasteiger partial charge >= 0.3 is 0 Å². The third-order valence-electron chi connectivity index (χ3n) is 4.20. The Bertz CT molecular complexity index is 1070. The number of amides is 2. The van der Waals surface area contributed by atoms with Crippen molar-refractivity contribution >= 4 is 32.6 Å². The Morgan fingerprint density at radius 1 is 0.720 bits per heavy atom. The van der Waals surface area contributed by atoms with Crippen LogP contribution in [0.25, 0.3) is 10.8 Å². The fraction of sp³-hybridized carbons (Fsp3) is 0.0526. The van der Waals surface area contributed by atoms with Crippen LogP contribution in [0.5, 0.6) is 0 Å². The first-order valence-corrected chi connectivity index (χ1v) is 9.27. The van der Waals surface area contributed by atoms with E-state index in [-0.39, 0.29) is 11.1 Å². The molecule has 0 saturated carbocycles. The van der Waals surface area contributed by atoms with E-state index in [0.717, 1.165) is 5.39 Å². The van der Waals surface area contributed by atoms with E-state index >= 15 is 0 Å². The summed E-state index contributed by atoms with van der Waals surface area (Å²) in [7, 11) is -4.14. The van der Waals surface area contributed by atoms with Crippen LogP contribution in [0.2, 0.25) is 0 Å². The number of carbonyl (C=O) groups is 2. The predicted octanol–water partition coefficient (Wildman–Crippen LogP) is 2.97. The van der Waals surface area contributed by atoms with Crippen LogP contribution in [0.4, 0.5) is 0 Å². The number of carbonyl (C=O) groups excluding carboxylic acids is 2. The van der Waals surface area contributed by atoms with Crippen molar-refractivity contribution in [1.29, 1.82) is 0 Å². The van der Waals surface area contributed by atoms with E-state index in [1.54, 1.807) is 66.7 Å². The molecule has 0 radical (unpaired) electrons. The van der Waals surface area contributed by atoms with Gasteiger partial charge < -0.3 is 0 Å². The van der Waals surface area contributed by atoms with Crippen LogP contribution in [0.15, 0.2) is 66.7 Å². The Hall–Kier alpha value is -2.99. The second-order valence-electron chi connectivity index (χ2n) is 5.83. The summed E-state index contributed by atoms with van der Waals surface area (Å²) in [5.74, 6) is -2.01. The van der Waals surface area contributed by atoms with Gasteiger partial charge in [-0.2, -0.15) is 4.31 Å². The average molecular weight is 351 g/mol. The van der Waals surface area contributed by atoms with Crippen molar-refractivity contribution in [1.82, 2.24) is 4.31 Å². The van der Waals surface area contributed by atoms with Gasteiger partial charge in [0.1, 0.15) is 0 Å². The van der Waals surface area contributed by atoms with Gasteiger partial charge in [-0.15, -0.1) is 0 Å². The summed E-state index contributed by atoms with van der Waals surface area (Å²) in [4.78, 5) is 25.6. The van der Waals surface area contributed by atoms with Gasteiger partial charge in [0.15, 0.2) is 0 Å². The molecule has 3 aromatic carbocycles. The molecule has 124 valence electrons. The first-order chi connectivity index (χ1) is 12.0. The first kappa shape index (κ1) is 15.5. The normalized spacial score (nSPS) is 14.2. The van der Waals surface area contributed by atoms with Gasteiger partial charge in [0, 0.05) is 16.5 Å². The molecule has 25 heavy (non-hydrogen) atoms. The van der Waals surface area contributed by atoms with Crippen molar-refractivity contribution in [2.24, 2.45) is 0 Å². The number of rotatable bonds is 3. The summed E-state index contributed by atoms with van der Waals surface area (Å²) >= 11 is 0. The summed E-state index contributed by atoms with van der Waals surface area (Å²) in [6.45, 7) is 0. The molecule has 2 amide bonds. The van der Waals surface area contributed by atoms with Gasteiger partial charge in [-0.1, -0.05) is 54.6 Å². The standard InChI is InChI=1S/C19H13NO4S/c21-18-15-10-4-8-14-9-5-11-16(17(14)15)19(22)20(18)25(23,24)12-13-6-2-1-3-7-13/h1-11H,12H2. The SMILES string of the molecule is O=C1c2cccc3cccc(c23)C(=O)N1S(=O)(=O)Cc1ccccc1. The van der Waals surface area contributed by atoms with Crippen LogP contribution in [0.1, 0.15) is 26.3 Å². The molecule has 0 N–H and O–H groups in total. The maximum atomic E-state index is 12.8. The fourth-order valence-corrected chi connectivity index (χ4v) is 4.56. The van der Waals surface area contributed by atoms with E-state index in [4.69, 9.17) is 0 Å². The quantitative estimate of drug-likeness (QED) is 0.680. The van der Waals surface area contributed by atoms with E-state index in [2.05, 4.69) is 0 Å². The van der Waals surface area contributed by atoms with Crippen molar-refractivity contribution < 1.29 is 18.0 Å². The Labute approximate surface area is 144 Å². The minimum absolute atomic E-state index is 0.226. The molecule has 6 heteroatoms. The maximum Gasteiger partial charge on any atom is 0.275 e. The van der Waals surface area contributed by atoms with E-state index in [1.165, 1.54) is 0 Å². The smallest absolute Gasteiger partial charge is 0.267 e. The van der Waals surface area contributed by atoms with Crippen LogP contribution in [-0.2, 0) is 15.8 Å². The number of hydrogen-bond acceptors (Lipinski definition) is 4. The van der Waals surface area contributed by atoms with Crippen LogP contribution >= 0.6 is 0 Å². The topological polar surface area (TPSA) is 71.5 Å². The number of sulfonamides is 1. The zero-order chi connectivity index (χ0) is 17.6. The Morgan fingerprint density at radius 3 is 1.84 bits per heavy atom. The van der Waals surface area contributed by atoms with Gasteiger partial charge in [-0.25, -0.2) is 8.42 Å². The summed E-state index contributed by atoms with van der Waals surface area (Å²) < 4.78 is 26.0. The third kappa shape index (κ3) is 2.42. The largest absolute Gasteiger partial charge is 0.275 e. The summed E-state index contributed by atoms with van der Waals surface area (Å²) in [6, 6.07) is 18.5. The van der Waals surface area contributed by atoms with Gasteiger partial charge in [-0.3, -0.25) is 9.59 Å². The highest BCUT2D eigenvalue weighted by atomic mass is 32.2. The highest BCUT2D eigenvalue weighted by Crippen LogP contribution is 2.31. The zero-order valence-corrected chi connectivity index (χ0v) is 13.9. The predicted molar refractivity (Wildman–Crippen MR) is 93.5 cm³/mol. The van der Waals surface area contributed by atoms with E-state index < -0.39 is 27.6 Å². The molecular formula is C19H13NO4S. The second kappa shape index (κ2) is 5.53. The molecule has 5 nitrogen and oxygen atoms in total. The van der Waals surface area contributed by atoms with Crippen LogP contribution < -0.4 is 0 Å². The number of imide groups is 1. The second-order valence-corrected chi connectivity index (χ2v) is 7.64. The van der Waals surface area contributed by atoms with E-state index in [9.17, 15) is 18.0 Å². The van der Waals surface area contributed by atoms with Crippen LogP contribution in [0, 0.1) is 0 Å². The molecular weight excluding hydrogens is 338 g/mol. The lowest BCUT2D eigenvalue weighted by Gasteiger charge is -2.26. The van der Waals surface area contributed by atoms with Gasteiger partial charge in [0.2, 0.25) is 10.0 Å². The fourth-order valence-electron chi connectivity index (χ4n) is 3.11. The monoisotopic (exact) mass is 351 g/mol. The molecule has 1 aliphatic heterocycles. The lowest BCUT2D eigenvalue weighted by atomic mass is 9.95. The van der Waals surface area contributed by atoms with Crippen molar-refractivity contribution in [3.63, 3.8) is 0 Å². The van der Waals surface area contributed by atoms with E-state index in [0.29, 0.717) is 15.3 Å². The molecule has 0 unspecified atom stereocenters. The van der Waals surface area contributed by atoms with Crippen molar-refractivity contribution in [3.8, 4) is 0 Å². The molecule has 0 atom stereocenters. The van der Waals surface area contributed by atoms with Crippen LogP contribution in [0.3, 0.4) is 0 Å². The molecule has 0 bridgehead atoms. The molecule has 4 rings (SSSR count). The third-order valence-corrected chi connectivity index (χ3v) is 5.79. The van der Waals surface area contributed by atoms with Crippen LogP contribution in [-0.4, -0.2) is 24.5 Å². The number of nitrogens with zero attached hydrogens (tertiary/aromatic N) is 1. The molecule has 3 aromatic rings. The Kier molecular flexibility index (Phi) is 3.43. The molecule has 0 spiro atoms. The maximum absolute atomic E-state index is 12.8. The van der Waals surface area contributed by atoms with Crippen molar-refractivity contribution in [2.45, 2.75) is 5.75 Å². The molecule has 1 heterocycles. The zero-order valence-electron chi connectivity index (χ0n) is 13.0.